The van der Waals surface area contributed by atoms with Crippen LogP contribution in [-0.4, -0.2) is 23.0 Å². The molecule has 1 aromatic carbocycles. The number of hydrogen-bond donors (Lipinski definition) is 1. The van der Waals surface area contributed by atoms with E-state index in [2.05, 4.69) is 4.98 Å². The second-order valence-corrected chi connectivity index (χ2v) is 5.85. The van der Waals surface area contributed by atoms with Crippen LogP contribution >= 0.6 is 11.6 Å². The fourth-order valence-corrected chi connectivity index (χ4v) is 2.93. The molecule has 25 heavy (non-hydrogen) atoms. The third-order valence-corrected chi connectivity index (χ3v) is 4.10. The second kappa shape index (κ2) is 6.57. The number of rotatable bonds is 4. The number of halogens is 4. The second-order valence-electron chi connectivity index (χ2n) is 5.45. The highest BCUT2D eigenvalue weighted by molar-refractivity contribution is 6.33. The summed E-state index contributed by atoms with van der Waals surface area (Å²) in [5.74, 6) is 0.621. The largest absolute Gasteiger partial charge is 0.497 e. The molecule has 4 nitrogen and oxygen atoms in total. The highest BCUT2D eigenvalue weighted by Gasteiger charge is 2.32. The fraction of sp³-hybridized carbons (Fsp3) is 0.235. The standard InChI is InChI=1S/C17H15ClF3N3O/c1-25-12-4-2-3-10(7-12)15-14(5-6-22)24-9-11(17(19,20)21)8-13(18)16(24)23-15/h2-4,7-9H,5-6,22H2,1H3. The minimum Gasteiger partial charge on any atom is -0.497 e. The predicted octanol–water partition coefficient (Wildman–Crippen LogP) is 4.18. The molecule has 0 amide bonds. The molecule has 0 spiro atoms. The van der Waals surface area contributed by atoms with Gasteiger partial charge in [0.15, 0.2) is 5.65 Å². The Morgan fingerprint density at radius 3 is 2.68 bits per heavy atom. The molecule has 0 aliphatic carbocycles. The van der Waals surface area contributed by atoms with Crippen LogP contribution in [0.5, 0.6) is 5.75 Å². The van der Waals surface area contributed by atoms with Crippen LogP contribution in [-0.2, 0) is 12.6 Å². The molecule has 0 aliphatic heterocycles. The molecule has 0 fully saturated rings. The maximum atomic E-state index is 13.1. The smallest absolute Gasteiger partial charge is 0.417 e. The van der Waals surface area contributed by atoms with Crippen LogP contribution in [0.3, 0.4) is 0 Å². The average Bonchev–Trinajstić information content (AvgIpc) is 2.94. The minimum absolute atomic E-state index is 0.0674. The number of benzene rings is 1. The van der Waals surface area contributed by atoms with Crippen LogP contribution in [0.2, 0.25) is 5.02 Å². The zero-order valence-electron chi connectivity index (χ0n) is 13.3. The van der Waals surface area contributed by atoms with Crippen LogP contribution in [0.4, 0.5) is 13.2 Å². The van der Waals surface area contributed by atoms with Crippen molar-refractivity contribution in [2.24, 2.45) is 5.73 Å². The van der Waals surface area contributed by atoms with E-state index in [1.165, 1.54) is 11.5 Å². The Balaban J connectivity index is 2.28. The highest BCUT2D eigenvalue weighted by Crippen LogP contribution is 2.35. The summed E-state index contributed by atoms with van der Waals surface area (Å²) in [7, 11) is 1.54. The molecule has 0 bridgehead atoms. The lowest BCUT2D eigenvalue weighted by atomic mass is 10.1. The summed E-state index contributed by atoms with van der Waals surface area (Å²) in [5.41, 5.74) is 6.90. The number of nitrogens with two attached hydrogens (primary N) is 1. The number of fused-ring (bicyclic) bond motifs is 1. The van der Waals surface area contributed by atoms with Gasteiger partial charge in [-0.25, -0.2) is 4.98 Å². The topological polar surface area (TPSA) is 52.5 Å². The number of hydrogen-bond acceptors (Lipinski definition) is 3. The van der Waals surface area contributed by atoms with Crippen molar-refractivity contribution >= 4 is 17.2 Å². The third-order valence-electron chi connectivity index (χ3n) is 3.83. The van der Waals surface area contributed by atoms with Gasteiger partial charge in [-0.3, -0.25) is 0 Å². The Kier molecular flexibility index (Phi) is 4.62. The molecule has 3 rings (SSSR count). The molecule has 0 radical (unpaired) electrons. The zero-order valence-corrected chi connectivity index (χ0v) is 14.0. The molecule has 2 heterocycles. The Morgan fingerprint density at radius 1 is 1.28 bits per heavy atom. The number of aromatic nitrogens is 2. The van der Waals surface area contributed by atoms with Gasteiger partial charge in [0, 0.05) is 18.2 Å². The monoisotopic (exact) mass is 369 g/mol. The third kappa shape index (κ3) is 3.29. The van der Waals surface area contributed by atoms with Crippen LogP contribution in [0.25, 0.3) is 16.9 Å². The lowest BCUT2D eigenvalue weighted by molar-refractivity contribution is -0.137. The van der Waals surface area contributed by atoms with E-state index in [4.69, 9.17) is 22.1 Å². The minimum atomic E-state index is -4.50. The first kappa shape index (κ1) is 17.6. The van der Waals surface area contributed by atoms with Gasteiger partial charge in [0.05, 0.1) is 29.1 Å². The van der Waals surface area contributed by atoms with Crippen molar-refractivity contribution in [1.82, 2.24) is 9.38 Å². The summed E-state index contributed by atoms with van der Waals surface area (Å²) in [5, 5.41) is -0.0674. The number of ether oxygens (including phenoxy) is 1. The van der Waals surface area contributed by atoms with Gasteiger partial charge in [-0.2, -0.15) is 13.2 Å². The summed E-state index contributed by atoms with van der Waals surface area (Å²) in [6.07, 6.45) is -3.15. The van der Waals surface area contributed by atoms with E-state index in [1.807, 2.05) is 6.07 Å². The quantitative estimate of drug-likeness (QED) is 0.750. The molecular weight excluding hydrogens is 355 g/mol. The molecule has 132 valence electrons. The van der Waals surface area contributed by atoms with E-state index in [0.717, 1.165) is 17.8 Å². The maximum Gasteiger partial charge on any atom is 0.417 e. The number of imidazole rings is 1. The lowest BCUT2D eigenvalue weighted by Gasteiger charge is -2.10. The van der Waals surface area contributed by atoms with Crippen molar-refractivity contribution in [2.75, 3.05) is 13.7 Å². The van der Waals surface area contributed by atoms with Gasteiger partial charge < -0.3 is 14.9 Å². The van der Waals surface area contributed by atoms with Gasteiger partial charge >= 0.3 is 6.18 Å². The Labute approximate surface area is 147 Å². The number of methoxy groups -OCH3 is 1. The Bertz CT molecular complexity index is 921. The first-order valence-electron chi connectivity index (χ1n) is 7.47. The molecule has 0 saturated carbocycles. The molecule has 3 aromatic rings. The molecule has 8 heteroatoms. The molecule has 0 saturated heterocycles. The summed E-state index contributed by atoms with van der Waals surface area (Å²) >= 11 is 6.06. The summed E-state index contributed by atoms with van der Waals surface area (Å²) in [6.45, 7) is 0.263. The van der Waals surface area contributed by atoms with Gasteiger partial charge in [-0.1, -0.05) is 23.7 Å². The first-order valence-corrected chi connectivity index (χ1v) is 7.85. The molecule has 2 aromatic heterocycles. The average molecular weight is 370 g/mol. The summed E-state index contributed by atoms with van der Waals surface area (Å²) < 4.78 is 45.9. The van der Waals surface area contributed by atoms with Crippen LogP contribution in [0, 0.1) is 0 Å². The van der Waals surface area contributed by atoms with Crippen LogP contribution < -0.4 is 10.5 Å². The molecular formula is C17H15ClF3N3O. The maximum absolute atomic E-state index is 13.1. The van der Waals surface area contributed by atoms with E-state index in [9.17, 15) is 13.2 Å². The van der Waals surface area contributed by atoms with Crippen molar-refractivity contribution in [3.8, 4) is 17.0 Å². The fourth-order valence-electron chi connectivity index (χ4n) is 2.68. The van der Waals surface area contributed by atoms with Gasteiger partial charge in [0.25, 0.3) is 0 Å². The normalized spacial score (nSPS) is 11.9. The van der Waals surface area contributed by atoms with Crippen LogP contribution in [0.15, 0.2) is 36.5 Å². The molecule has 0 aliphatic rings. The SMILES string of the molecule is COc1cccc(-c2nc3c(Cl)cc(C(F)(F)F)cn3c2CCN)c1. The number of alkyl halides is 3. The molecule has 0 unspecified atom stereocenters. The lowest BCUT2D eigenvalue weighted by Crippen LogP contribution is -2.10. The van der Waals surface area contributed by atoms with E-state index in [1.54, 1.807) is 18.2 Å². The molecule has 2 N–H and O–H groups in total. The Morgan fingerprint density at radius 2 is 2.04 bits per heavy atom. The van der Waals surface area contributed by atoms with E-state index >= 15 is 0 Å². The van der Waals surface area contributed by atoms with Gasteiger partial charge in [-0.05, 0) is 24.7 Å². The summed E-state index contributed by atoms with van der Waals surface area (Å²) in [6, 6.07) is 8.01. The van der Waals surface area contributed by atoms with Crippen molar-refractivity contribution < 1.29 is 17.9 Å². The van der Waals surface area contributed by atoms with Crippen molar-refractivity contribution in [2.45, 2.75) is 12.6 Å². The van der Waals surface area contributed by atoms with Gasteiger partial charge in [0.1, 0.15) is 5.75 Å². The number of nitrogens with zero attached hydrogens (tertiary/aromatic N) is 2. The number of pyridine rings is 1. The van der Waals surface area contributed by atoms with E-state index in [0.29, 0.717) is 23.6 Å². The predicted molar refractivity (Wildman–Crippen MR) is 90.0 cm³/mol. The summed E-state index contributed by atoms with van der Waals surface area (Å²) in [4.78, 5) is 4.45. The van der Waals surface area contributed by atoms with Crippen molar-refractivity contribution in [3.05, 3.63) is 52.8 Å². The van der Waals surface area contributed by atoms with Gasteiger partial charge in [-0.15, -0.1) is 0 Å². The molecule has 0 atom stereocenters. The van der Waals surface area contributed by atoms with Crippen molar-refractivity contribution in [1.29, 1.82) is 0 Å². The first-order chi connectivity index (χ1) is 11.8. The van der Waals surface area contributed by atoms with Crippen molar-refractivity contribution in [3.63, 3.8) is 0 Å². The Hall–Kier alpha value is -2.25. The zero-order chi connectivity index (χ0) is 18.2. The highest BCUT2D eigenvalue weighted by atomic mass is 35.5. The van der Waals surface area contributed by atoms with Crippen LogP contribution in [0.1, 0.15) is 11.3 Å². The van der Waals surface area contributed by atoms with Gasteiger partial charge in [0.2, 0.25) is 0 Å². The van der Waals surface area contributed by atoms with E-state index in [-0.39, 0.29) is 17.2 Å². The van der Waals surface area contributed by atoms with E-state index < -0.39 is 11.7 Å².